The molecule has 0 bridgehead atoms. The van der Waals surface area contributed by atoms with Crippen LogP contribution in [0.25, 0.3) is 6.08 Å². The molecule has 2 aromatic rings. The lowest BCUT2D eigenvalue weighted by molar-refractivity contribution is -0.122. The molecule has 0 atom stereocenters. The first kappa shape index (κ1) is 27.4. The number of benzene rings is 1. The van der Waals surface area contributed by atoms with Crippen molar-refractivity contribution in [3.05, 3.63) is 66.8 Å². The number of aromatic nitrogens is 1. The lowest BCUT2D eigenvalue weighted by Crippen LogP contribution is -2.35. The van der Waals surface area contributed by atoms with Crippen molar-refractivity contribution in [1.82, 2.24) is 9.47 Å². The van der Waals surface area contributed by atoms with Gasteiger partial charge in [0.15, 0.2) is 0 Å². The Labute approximate surface area is 232 Å². The van der Waals surface area contributed by atoms with Crippen molar-refractivity contribution in [2.24, 2.45) is 0 Å². The van der Waals surface area contributed by atoms with Gasteiger partial charge in [0.05, 0.1) is 11.4 Å². The van der Waals surface area contributed by atoms with Crippen molar-refractivity contribution in [3.63, 3.8) is 0 Å². The smallest absolute Gasteiger partial charge is 0.270 e. The first-order chi connectivity index (χ1) is 17.9. The fourth-order valence-corrected chi connectivity index (χ4v) is 6.29. The van der Waals surface area contributed by atoms with Crippen LogP contribution in [0, 0.1) is 18.3 Å². The van der Waals surface area contributed by atoms with Crippen LogP contribution in [0.5, 0.6) is 0 Å². The summed E-state index contributed by atoms with van der Waals surface area (Å²) in [4.78, 5) is 31.3. The summed E-state index contributed by atoms with van der Waals surface area (Å²) in [5.41, 5.74) is 2.06. The van der Waals surface area contributed by atoms with E-state index < -0.39 is 0 Å². The summed E-state index contributed by atoms with van der Waals surface area (Å²) in [6, 6.07) is 9.55. The molecule has 0 N–H and O–H groups in total. The highest BCUT2D eigenvalue weighted by atomic mass is 35.5. The monoisotopic (exact) mass is 554 g/mol. The van der Waals surface area contributed by atoms with Crippen molar-refractivity contribution in [1.29, 1.82) is 5.26 Å². The fraction of sp³-hybridized carbons (Fsp3) is 0.429. The predicted octanol–water partition coefficient (Wildman–Crippen LogP) is 6.26. The SMILES string of the molecule is CCCCn1c(N2CCCCCC2)c(C=C2SC(=S)N(Cc3ccccc3Cl)C2=O)c(C)c(C#N)c1=O. The van der Waals surface area contributed by atoms with Gasteiger partial charge in [-0.1, -0.05) is 80.0 Å². The van der Waals surface area contributed by atoms with Gasteiger partial charge in [-0.15, -0.1) is 0 Å². The van der Waals surface area contributed by atoms with Crippen LogP contribution in [0.2, 0.25) is 5.02 Å². The Hall–Kier alpha value is -2.60. The third-order valence-electron chi connectivity index (χ3n) is 6.92. The predicted molar refractivity (Wildman–Crippen MR) is 156 cm³/mol. The van der Waals surface area contributed by atoms with Gasteiger partial charge in [-0.3, -0.25) is 19.1 Å². The van der Waals surface area contributed by atoms with Crippen molar-refractivity contribution < 1.29 is 4.79 Å². The van der Waals surface area contributed by atoms with Gasteiger partial charge < -0.3 is 4.90 Å². The van der Waals surface area contributed by atoms with Gasteiger partial charge in [0, 0.05) is 30.2 Å². The highest BCUT2D eigenvalue weighted by molar-refractivity contribution is 8.26. The third kappa shape index (κ3) is 5.79. The normalized spacial score (nSPS) is 17.4. The van der Waals surface area contributed by atoms with E-state index >= 15 is 0 Å². The summed E-state index contributed by atoms with van der Waals surface area (Å²) in [6.07, 6.45) is 7.98. The van der Waals surface area contributed by atoms with E-state index in [-0.39, 0.29) is 17.0 Å². The van der Waals surface area contributed by atoms with Gasteiger partial charge in [0.25, 0.3) is 11.5 Å². The van der Waals surface area contributed by atoms with Crippen LogP contribution in [0.3, 0.4) is 0 Å². The van der Waals surface area contributed by atoms with E-state index in [2.05, 4.69) is 17.9 Å². The van der Waals surface area contributed by atoms with Gasteiger partial charge >= 0.3 is 0 Å². The number of carbonyl (C=O) groups excluding carboxylic acids is 1. The molecule has 0 radical (unpaired) electrons. The van der Waals surface area contributed by atoms with Crippen LogP contribution in [0.15, 0.2) is 34.0 Å². The van der Waals surface area contributed by atoms with Crippen LogP contribution in [0.1, 0.15) is 67.7 Å². The molecule has 6 nitrogen and oxygen atoms in total. The molecular formula is C28H31ClN4O2S2. The van der Waals surface area contributed by atoms with Crippen molar-refractivity contribution in [3.8, 4) is 6.07 Å². The molecule has 1 aromatic heterocycles. The molecule has 0 spiro atoms. The average Bonchev–Trinajstić information content (AvgIpc) is 3.05. The minimum Gasteiger partial charge on any atom is -0.357 e. The summed E-state index contributed by atoms with van der Waals surface area (Å²) in [5.74, 6) is 0.620. The molecule has 1 amide bonds. The van der Waals surface area contributed by atoms with Gasteiger partial charge in [-0.05, 0) is 49.5 Å². The quantitative estimate of drug-likeness (QED) is 0.297. The standard InChI is InChI=1S/C28H31ClN4O2S2/c1-3-4-15-32-25(31-13-9-5-6-10-14-31)21(19(2)22(17-30)26(32)34)16-24-27(35)33(28(36)37-24)18-20-11-7-8-12-23(20)29/h7-8,11-12,16H,3-6,9-10,13-15,18H2,1-2H3. The number of carbonyl (C=O) groups is 1. The highest BCUT2D eigenvalue weighted by Crippen LogP contribution is 2.37. The second-order valence-corrected chi connectivity index (χ2v) is 11.5. The van der Waals surface area contributed by atoms with Gasteiger partial charge in [0.1, 0.15) is 21.8 Å². The largest absolute Gasteiger partial charge is 0.357 e. The van der Waals surface area contributed by atoms with E-state index in [1.807, 2.05) is 31.2 Å². The summed E-state index contributed by atoms with van der Waals surface area (Å²) in [7, 11) is 0. The molecule has 0 aliphatic carbocycles. The van der Waals surface area contributed by atoms with Crippen LogP contribution in [0.4, 0.5) is 5.82 Å². The molecule has 194 valence electrons. The molecule has 2 fully saturated rings. The highest BCUT2D eigenvalue weighted by Gasteiger charge is 2.33. The maximum atomic E-state index is 13.5. The number of unbranched alkanes of at least 4 members (excludes halogenated alkanes) is 1. The van der Waals surface area contributed by atoms with Crippen molar-refractivity contribution >= 4 is 57.7 Å². The number of halogens is 1. The summed E-state index contributed by atoms with van der Waals surface area (Å²) in [6.45, 7) is 6.39. The zero-order valence-electron chi connectivity index (χ0n) is 21.3. The zero-order valence-corrected chi connectivity index (χ0v) is 23.6. The number of rotatable bonds is 7. The molecule has 9 heteroatoms. The van der Waals surface area contributed by atoms with E-state index in [1.54, 1.807) is 15.5 Å². The number of thiocarbonyl (C=S) groups is 1. The molecule has 0 saturated carbocycles. The van der Waals surface area contributed by atoms with Crippen LogP contribution >= 0.6 is 35.6 Å². The number of pyridine rings is 1. The Kier molecular flexibility index (Phi) is 9.12. The van der Waals surface area contributed by atoms with Crippen LogP contribution < -0.4 is 10.5 Å². The summed E-state index contributed by atoms with van der Waals surface area (Å²) >= 11 is 13.2. The number of hydrogen-bond donors (Lipinski definition) is 0. The van der Waals surface area contributed by atoms with E-state index in [4.69, 9.17) is 23.8 Å². The Morgan fingerprint density at radius 1 is 1.16 bits per heavy atom. The Morgan fingerprint density at radius 2 is 1.86 bits per heavy atom. The Morgan fingerprint density at radius 3 is 2.51 bits per heavy atom. The van der Waals surface area contributed by atoms with Crippen LogP contribution in [-0.2, 0) is 17.9 Å². The van der Waals surface area contributed by atoms with Crippen LogP contribution in [-0.4, -0.2) is 32.8 Å². The maximum Gasteiger partial charge on any atom is 0.270 e. The average molecular weight is 555 g/mol. The molecule has 2 aliphatic rings. The third-order valence-corrected chi connectivity index (χ3v) is 8.67. The topological polar surface area (TPSA) is 69.3 Å². The minimum atomic E-state index is -0.254. The number of hydrogen-bond acceptors (Lipinski definition) is 6. The first-order valence-corrected chi connectivity index (χ1v) is 14.4. The first-order valence-electron chi connectivity index (χ1n) is 12.8. The summed E-state index contributed by atoms with van der Waals surface area (Å²) < 4.78 is 2.22. The second-order valence-electron chi connectivity index (χ2n) is 9.42. The van der Waals surface area contributed by atoms with E-state index in [0.29, 0.717) is 32.9 Å². The van der Waals surface area contributed by atoms with Crippen molar-refractivity contribution in [2.45, 2.75) is 65.5 Å². The number of nitrogens with zero attached hydrogens (tertiary/aromatic N) is 4. The minimum absolute atomic E-state index is 0.132. The Balaban J connectivity index is 1.83. The second kappa shape index (κ2) is 12.3. The van der Waals surface area contributed by atoms with Gasteiger partial charge in [0.2, 0.25) is 0 Å². The zero-order chi connectivity index (χ0) is 26.5. The van der Waals surface area contributed by atoms with Crippen molar-refractivity contribution in [2.75, 3.05) is 18.0 Å². The molecule has 37 heavy (non-hydrogen) atoms. The van der Waals surface area contributed by atoms with Gasteiger partial charge in [-0.2, -0.15) is 5.26 Å². The molecule has 0 unspecified atom stereocenters. The fourth-order valence-electron chi connectivity index (χ4n) is 4.86. The molecule has 1 aromatic carbocycles. The molecular weight excluding hydrogens is 524 g/mol. The lowest BCUT2D eigenvalue weighted by Gasteiger charge is -2.29. The molecule has 4 rings (SSSR count). The van der Waals surface area contributed by atoms with E-state index in [0.717, 1.165) is 68.6 Å². The maximum absolute atomic E-state index is 13.5. The lowest BCUT2D eigenvalue weighted by atomic mass is 10.0. The number of anilines is 1. The summed E-state index contributed by atoms with van der Waals surface area (Å²) in [5, 5.41) is 10.5. The van der Waals surface area contributed by atoms with E-state index in [9.17, 15) is 14.9 Å². The molecule has 2 aliphatic heterocycles. The molecule has 2 saturated heterocycles. The number of thioether (sulfide) groups is 1. The number of nitriles is 1. The number of amides is 1. The molecule has 3 heterocycles. The Bertz CT molecular complexity index is 1340. The van der Waals surface area contributed by atoms with Gasteiger partial charge in [-0.25, -0.2) is 0 Å². The van der Waals surface area contributed by atoms with E-state index in [1.165, 1.54) is 11.8 Å².